The summed E-state index contributed by atoms with van der Waals surface area (Å²) in [6.07, 6.45) is 0. The number of benzene rings is 2. The van der Waals surface area contributed by atoms with Gasteiger partial charge in [-0.25, -0.2) is 8.42 Å². The zero-order valence-corrected chi connectivity index (χ0v) is 18.7. The number of hydrogen-bond donors (Lipinski definition) is 2. The van der Waals surface area contributed by atoms with Crippen LogP contribution in [-0.4, -0.2) is 56.4 Å². The standard InChI is InChI=1S/C22H27N3O5S/c1-22(2,3)24-21(27)18-6-4-5-7-19(18)23-20(26)16-8-10-17(11-9-16)31(28,29)25-12-14-30-15-13-25/h4-11H,12-15H2,1-3H3,(H,23,26)(H,24,27). The summed E-state index contributed by atoms with van der Waals surface area (Å²) in [5, 5.41) is 5.61. The van der Waals surface area contributed by atoms with Crippen molar-refractivity contribution >= 4 is 27.5 Å². The summed E-state index contributed by atoms with van der Waals surface area (Å²) in [5.41, 5.74) is 0.583. The van der Waals surface area contributed by atoms with Crippen LogP contribution < -0.4 is 10.6 Å². The second-order valence-electron chi connectivity index (χ2n) is 8.24. The smallest absolute Gasteiger partial charge is 0.255 e. The fourth-order valence-corrected chi connectivity index (χ4v) is 4.51. The molecule has 0 atom stereocenters. The van der Waals surface area contributed by atoms with Crippen molar-refractivity contribution in [3.63, 3.8) is 0 Å². The van der Waals surface area contributed by atoms with E-state index in [9.17, 15) is 18.0 Å². The van der Waals surface area contributed by atoms with Gasteiger partial charge in [-0.1, -0.05) is 12.1 Å². The molecule has 0 spiro atoms. The van der Waals surface area contributed by atoms with Gasteiger partial charge in [-0.15, -0.1) is 0 Å². The van der Waals surface area contributed by atoms with Gasteiger partial charge in [0.15, 0.2) is 0 Å². The molecule has 0 aliphatic carbocycles. The van der Waals surface area contributed by atoms with Gasteiger partial charge in [0.2, 0.25) is 10.0 Å². The maximum absolute atomic E-state index is 12.7. The van der Waals surface area contributed by atoms with Crippen LogP contribution in [0.3, 0.4) is 0 Å². The first kappa shape index (κ1) is 22.9. The molecule has 1 aliphatic rings. The molecular weight excluding hydrogens is 418 g/mol. The number of carbonyl (C=O) groups is 2. The molecule has 3 rings (SSSR count). The lowest BCUT2D eigenvalue weighted by Crippen LogP contribution is -2.40. The van der Waals surface area contributed by atoms with Crippen molar-refractivity contribution in [1.29, 1.82) is 0 Å². The van der Waals surface area contributed by atoms with E-state index >= 15 is 0 Å². The van der Waals surface area contributed by atoms with Crippen molar-refractivity contribution in [2.75, 3.05) is 31.6 Å². The third kappa shape index (κ3) is 5.69. The lowest BCUT2D eigenvalue weighted by atomic mass is 10.1. The Morgan fingerprint density at radius 2 is 1.55 bits per heavy atom. The molecule has 2 aromatic carbocycles. The number of rotatable bonds is 5. The Balaban J connectivity index is 1.76. The molecule has 2 N–H and O–H groups in total. The number of para-hydroxylation sites is 1. The number of hydrogen-bond acceptors (Lipinski definition) is 5. The summed E-state index contributed by atoms with van der Waals surface area (Å²) in [7, 11) is -3.63. The van der Waals surface area contributed by atoms with Crippen molar-refractivity contribution in [3.8, 4) is 0 Å². The van der Waals surface area contributed by atoms with E-state index in [0.29, 0.717) is 37.6 Å². The quantitative estimate of drug-likeness (QED) is 0.736. The minimum atomic E-state index is -3.63. The maximum Gasteiger partial charge on any atom is 0.255 e. The number of ether oxygens (including phenoxy) is 1. The lowest BCUT2D eigenvalue weighted by molar-refractivity contribution is 0.0730. The summed E-state index contributed by atoms with van der Waals surface area (Å²) in [6.45, 7) is 6.95. The van der Waals surface area contributed by atoms with Gasteiger partial charge in [0.25, 0.3) is 11.8 Å². The Labute approximate surface area is 182 Å². The summed E-state index contributed by atoms with van der Waals surface area (Å²) in [4.78, 5) is 25.4. The van der Waals surface area contributed by atoms with Gasteiger partial charge in [0.05, 0.1) is 29.4 Å². The molecule has 1 aliphatic heterocycles. The van der Waals surface area contributed by atoms with Gasteiger partial charge in [-0.2, -0.15) is 4.31 Å². The Morgan fingerprint density at radius 1 is 0.935 bits per heavy atom. The van der Waals surface area contributed by atoms with E-state index in [1.54, 1.807) is 24.3 Å². The van der Waals surface area contributed by atoms with Gasteiger partial charge < -0.3 is 15.4 Å². The number of nitrogens with zero attached hydrogens (tertiary/aromatic N) is 1. The Hall–Kier alpha value is -2.75. The van der Waals surface area contributed by atoms with E-state index in [2.05, 4.69) is 10.6 Å². The van der Waals surface area contributed by atoms with E-state index in [1.165, 1.54) is 28.6 Å². The summed E-state index contributed by atoms with van der Waals surface area (Å²) < 4.78 is 32.0. The van der Waals surface area contributed by atoms with Gasteiger partial charge in [-0.3, -0.25) is 9.59 Å². The molecule has 0 saturated carbocycles. The number of amides is 2. The highest BCUT2D eigenvalue weighted by Gasteiger charge is 2.26. The Bertz CT molecular complexity index is 1050. The first-order chi connectivity index (χ1) is 14.6. The summed E-state index contributed by atoms with van der Waals surface area (Å²) in [5.74, 6) is -0.735. The second-order valence-corrected chi connectivity index (χ2v) is 10.2. The van der Waals surface area contributed by atoms with Crippen LogP contribution in [0.15, 0.2) is 53.4 Å². The average molecular weight is 446 g/mol. The van der Waals surface area contributed by atoms with Gasteiger partial charge in [0.1, 0.15) is 0 Å². The SMILES string of the molecule is CC(C)(C)NC(=O)c1ccccc1NC(=O)c1ccc(S(=O)(=O)N2CCOCC2)cc1. The van der Waals surface area contributed by atoms with Crippen LogP contribution in [0.2, 0.25) is 0 Å². The Kier molecular flexibility index (Phi) is 6.78. The van der Waals surface area contributed by atoms with Crippen molar-refractivity contribution in [2.45, 2.75) is 31.2 Å². The van der Waals surface area contributed by atoms with Gasteiger partial charge in [0, 0.05) is 24.2 Å². The van der Waals surface area contributed by atoms with Crippen LogP contribution in [0.25, 0.3) is 0 Å². The molecule has 0 aromatic heterocycles. The maximum atomic E-state index is 12.7. The third-order valence-corrected chi connectivity index (χ3v) is 6.55. The molecule has 1 saturated heterocycles. The number of nitrogens with one attached hydrogen (secondary N) is 2. The highest BCUT2D eigenvalue weighted by molar-refractivity contribution is 7.89. The normalized spacial score (nSPS) is 15.3. The minimum absolute atomic E-state index is 0.121. The van der Waals surface area contributed by atoms with Crippen molar-refractivity contribution in [2.24, 2.45) is 0 Å². The van der Waals surface area contributed by atoms with E-state index in [1.807, 2.05) is 20.8 Å². The predicted molar refractivity (Wildman–Crippen MR) is 118 cm³/mol. The van der Waals surface area contributed by atoms with Crippen molar-refractivity contribution in [3.05, 3.63) is 59.7 Å². The zero-order valence-electron chi connectivity index (χ0n) is 17.8. The number of morpholine rings is 1. The van der Waals surface area contributed by atoms with E-state index < -0.39 is 21.5 Å². The molecule has 8 nitrogen and oxygen atoms in total. The molecule has 31 heavy (non-hydrogen) atoms. The van der Waals surface area contributed by atoms with Gasteiger partial charge >= 0.3 is 0 Å². The number of anilines is 1. The molecule has 2 amide bonds. The number of carbonyl (C=O) groups excluding carboxylic acids is 2. The molecule has 0 radical (unpaired) electrons. The molecule has 1 fully saturated rings. The van der Waals surface area contributed by atoms with E-state index in [0.717, 1.165) is 0 Å². The van der Waals surface area contributed by atoms with Crippen LogP contribution in [0.5, 0.6) is 0 Å². The van der Waals surface area contributed by atoms with E-state index in [-0.39, 0.29) is 16.4 Å². The minimum Gasteiger partial charge on any atom is -0.379 e. The zero-order chi connectivity index (χ0) is 22.6. The Morgan fingerprint density at radius 3 is 2.16 bits per heavy atom. The lowest BCUT2D eigenvalue weighted by Gasteiger charge is -2.26. The number of sulfonamides is 1. The highest BCUT2D eigenvalue weighted by atomic mass is 32.2. The first-order valence-corrected chi connectivity index (χ1v) is 11.4. The molecule has 0 unspecified atom stereocenters. The molecule has 0 bridgehead atoms. The fraction of sp³-hybridized carbons (Fsp3) is 0.364. The van der Waals surface area contributed by atoms with E-state index in [4.69, 9.17) is 4.74 Å². The highest BCUT2D eigenvalue weighted by Crippen LogP contribution is 2.20. The fourth-order valence-electron chi connectivity index (χ4n) is 3.11. The molecule has 9 heteroatoms. The summed E-state index contributed by atoms with van der Waals surface area (Å²) in [6, 6.07) is 12.5. The summed E-state index contributed by atoms with van der Waals surface area (Å²) >= 11 is 0. The van der Waals surface area contributed by atoms with Crippen LogP contribution in [-0.2, 0) is 14.8 Å². The monoisotopic (exact) mass is 445 g/mol. The first-order valence-electron chi connectivity index (χ1n) is 9.99. The largest absolute Gasteiger partial charge is 0.379 e. The molecule has 1 heterocycles. The van der Waals surface area contributed by atoms with Crippen molar-refractivity contribution in [1.82, 2.24) is 9.62 Å². The van der Waals surface area contributed by atoms with Crippen LogP contribution in [0, 0.1) is 0 Å². The third-order valence-electron chi connectivity index (χ3n) is 4.63. The second kappa shape index (κ2) is 9.17. The van der Waals surface area contributed by atoms with Crippen molar-refractivity contribution < 1.29 is 22.7 Å². The van der Waals surface area contributed by atoms with Crippen LogP contribution >= 0.6 is 0 Å². The topological polar surface area (TPSA) is 105 Å². The molecular formula is C22H27N3O5S. The molecule has 2 aromatic rings. The average Bonchev–Trinajstić information content (AvgIpc) is 2.73. The predicted octanol–water partition coefficient (Wildman–Crippen LogP) is 2.49. The van der Waals surface area contributed by atoms with Gasteiger partial charge in [-0.05, 0) is 57.2 Å². The molecule has 166 valence electrons. The van der Waals surface area contributed by atoms with Crippen LogP contribution in [0.4, 0.5) is 5.69 Å². The van der Waals surface area contributed by atoms with Crippen LogP contribution in [0.1, 0.15) is 41.5 Å².